The van der Waals surface area contributed by atoms with E-state index in [0.29, 0.717) is 17.4 Å². The summed E-state index contributed by atoms with van der Waals surface area (Å²) < 4.78 is 13.1. The van der Waals surface area contributed by atoms with Crippen LogP contribution < -0.4 is 0 Å². The van der Waals surface area contributed by atoms with Crippen molar-refractivity contribution in [2.45, 2.75) is 45.3 Å². The second-order valence-corrected chi connectivity index (χ2v) is 6.93. The first-order chi connectivity index (χ1) is 6.98. The van der Waals surface area contributed by atoms with E-state index in [0.717, 1.165) is 10.2 Å². The molecule has 4 aliphatic rings. The smallest absolute Gasteiger partial charge is 0.405 e. The first-order valence-corrected chi connectivity index (χ1v) is 7.40. The average molecular weight is 320 g/mol. The highest BCUT2D eigenvalue weighted by molar-refractivity contribution is 14.1. The molecule has 0 radical (unpaired) electrons. The number of rotatable bonds is 1. The summed E-state index contributed by atoms with van der Waals surface area (Å²) in [7, 11) is 0.0377. The molecule has 0 N–H and O–H groups in total. The van der Waals surface area contributed by atoms with Gasteiger partial charge >= 0.3 is 7.12 Å². The Hall–Kier alpha value is 0.715. The van der Waals surface area contributed by atoms with Crippen LogP contribution in [-0.4, -0.2) is 23.2 Å². The molecule has 4 heteroatoms. The summed E-state index contributed by atoms with van der Waals surface area (Å²) >= 11 is 2.35. The van der Waals surface area contributed by atoms with Gasteiger partial charge in [-0.25, -0.2) is 0 Å². The molecule has 0 aromatic rings. The Morgan fingerprint density at radius 2 is 2.07 bits per heavy atom. The molecule has 4 rings (SSSR count). The van der Waals surface area contributed by atoms with E-state index in [-0.39, 0.29) is 12.7 Å². The quantitative estimate of drug-likeness (QED) is 0.420. The zero-order valence-corrected chi connectivity index (χ0v) is 11.8. The van der Waals surface area contributed by atoms with Gasteiger partial charge in [-0.1, -0.05) is 36.4 Å². The van der Waals surface area contributed by atoms with Gasteiger partial charge in [0, 0.05) is 4.33 Å². The maximum Gasteiger partial charge on any atom is 0.468 e. The fourth-order valence-electron chi connectivity index (χ4n) is 4.02. The van der Waals surface area contributed by atoms with E-state index in [1.165, 1.54) is 12.8 Å². The summed E-state index contributed by atoms with van der Waals surface area (Å²) in [5.41, 5.74) is 0.461. The summed E-state index contributed by atoms with van der Waals surface area (Å²) in [6.45, 7) is 7.06. The summed E-state index contributed by atoms with van der Waals surface area (Å²) in [6.07, 6.45) is 2.90. The van der Waals surface area contributed by atoms with Crippen LogP contribution in [0.4, 0.5) is 0 Å². The van der Waals surface area contributed by atoms with Gasteiger partial charge in [-0.3, -0.25) is 0 Å². The monoisotopic (exact) mass is 320 g/mol. The van der Waals surface area contributed by atoms with Gasteiger partial charge < -0.3 is 9.31 Å². The second kappa shape index (κ2) is 3.13. The van der Waals surface area contributed by atoms with Crippen molar-refractivity contribution in [1.29, 1.82) is 0 Å². The summed E-state index contributed by atoms with van der Waals surface area (Å²) in [5, 5.41) is 0. The highest BCUT2D eigenvalue weighted by Crippen LogP contribution is 2.65. The molecular weight excluding hydrogens is 302 g/mol. The Bertz CT molecular complexity index is 296. The van der Waals surface area contributed by atoms with Crippen LogP contribution in [0.25, 0.3) is 0 Å². The molecule has 2 unspecified atom stereocenters. The minimum atomic E-state index is -0.00586. The lowest BCUT2D eigenvalue weighted by atomic mass is 9.43. The van der Waals surface area contributed by atoms with E-state index in [2.05, 4.69) is 43.4 Å². The molecule has 4 fully saturated rings. The van der Waals surface area contributed by atoms with Crippen LogP contribution in [0, 0.1) is 17.3 Å². The largest absolute Gasteiger partial charge is 0.468 e. The van der Waals surface area contributed by atoms with Gasteiger partial charge in [0.1, 0.15) is 0 Å². The molecule has 1 heterocycles. The van der Waals surface area contributed by atoms with E-state index in [4.69, 9.17) is 9.31 Å². The fraction of sp³-hybridized carbons (Fsp3) is 1.00. The second-order valence-electron chi connectivity index (χ2n) is 6.05. The average Bonchev–Trinajstić information content (AvgIpc) is 2.53. The molecule has 3 aliphatic carbocycles. The molecule has 84 valence electrons. The molecule has 0 amide bonds. The molecule has 3 saturated carbocycles. The molecule has 2 nitrogen and oxygen atoms in total. The van der Waals surface area contributed by atoms with Crippen molar-refractivity contribution in [2.75, 3.05) is 4.33 Å². The molecule has 0 aromatic carbocycles. The molecule has 1 saturated heterocycles. The van der Waals surface area contributed by atoms with Crippen molar-refractivity contribution < 1.29 is 9.31 Å². The summed E-state index contributed by atoms with van der Waals surface area (Å²) in [5.74, 6) is 1.55. The predicted molar refractivity (Wildman–Crippen MR) is 69.0 cm³/mol. The van der Waals surface area contributed by atoms with E-state index < -0.39 is 0 Å². The van der Waals surface area contributed by atoms with E-state index in [9.17, 15) is 0 Å². The van der Waals surface area contributed by atoms with E-state index in [1.807, 2.05) is 0 Å². The van der Waals surface area contributed by atoms with Crippen molar-refractivity contribution in [3.8, 4) is 0 Å². The predicted octanol–water partition coefficient (Wildman–Crippen LogP) is 2.69. The van der Waals surface area contributed by atoms with Crippen LogP contribution in [0.1, 0.15) is 33.6 Å². The topological polar surface area (TPSA) is 18.5 Å². The van der Waals surface area contributed by atoms with Crippen molar-refractivity contribution in [3.05, 3.63) is 0 Å². The highest BCUT2D eigenvalue weighted by Gasteiger charge is 2.67. The Morgan fingerprint density at radius 3 is 2.67 bits per heavy atom. The van der Waals surface area contributed by atoms with Gasteiger partial charge in [-0.2, -0.15) is 0 Å². The Morgan fingerprint density at radius 1 is 1.33 bits per heavy atom. The van der Waals surface area contributed by atoms with Gasteiger partial charge in [0.15, 0.2) is 0 Å². The van der Waals surface area contributed by atoms with Gasteiger partial charge in [0.05, 0.1) is 11.7 Å². The maximum atomic E-state index is 6.16. The molecule has 1 aliphatic heterocycles. The van der Waals surface area contributed by atoms with Crippen molar-refractivity contribution in [3.63, 3.8) is 0 Å². The Kier molecular flexibility index (Phi) is 2.27. The SMILES string of the molecule is CC1(C)C2CC1[C@]1(C)OB(CI)O[C@@H]1C2. The lowest BCUT2D eigenvalue weighted by Gasteiger charge is -2.64. The first-order valence-electron chi connectivity index (χ1n) is 5.87. The lowest BCUT2D eigenvalue weighted by molar-refractivity contribution is -0.199. The summed E-state index contributed by atoms with van der Waals surface area (Å²) in [4.78, 5) is 0. The number of hydrogen-bond donors (Lipinski definition) is 0. The van der Waals surface area contributed by atoms with Crippen LogP contribution in [-0.2, 0) is 9.31 Å². The third-order valence-electron chi connectivity index (χ3n) is 5.13. The third kappa shape index (κ3) is 1.24. The Balaban J connectivity index is 1.89. The minimum Gasteiger partial charge on any atom is -0.405 e. The first kappa shape index (κ1) is 10.8. The standard InChI is InChI=1S/C11H18BIO2/c1-10(2)7-4-8(10)11(3)9(5-7)14-12(6-13)15-11/h7-9H,4-6H2,1-3H3/t7?,8?,9-,11+/m1/s1. The zero-order valence-electron chi connectivity index (χ0n) is 9.63. The van der Waals surface area contributed by atoms with Gasteiger partial charge in [-0.15, -0.1) is 0 Å². The van der Waals surface area contributed by atoms with Crippen molar-refractivity contribution in [2.24, 2.45) is 17.3 Å². The van der Waals surface area contributed by atoms with Gasteiger partial charge in [-0.05, 0) is 37.0 Å². The van der Waals surface area contributed by atoms with Crippen LogP contribution in [0.5, 0.6) is 0 Å². The maximum absolute atomic E-state index is 6.16. The number of halogens is 1. The van der Waals surface area contributed by atoms with E-state index in [1.54, 1.807) is 0 Å². The van der Waals surface area contributed by atoms with Crippen LogP contribution in [0.3, 0.4) is 0 Å². The van der Waals surface area contributed by atoms with E-state index >= 15 is 0 Å². The Labute approximate surface area is 106 Å². The van der Waals surface area contributed by atoms with Crippen molar-refractivity contribution >= 4 is 29.7 Å². The van der Waals surface area contributed by atoms with Gasteiger partial charge in [0.2, 0.25) is 0 Å². The van der Waals surface area contributed by atoms with Crippen LogP contribution in [0.2, 0.25) is 0 Å². The minimum absolute atomic E-state index is 0.00586. The molecule has 15 heavy (non-hydrogen) atoms. The van der Waals surface area contributed by atoms with Crippen molar-refractivity contribution in [1.82, 2.24) is 0 Å². The zero-order chi connectivity index (χ0) is 10.8. The van der Waals surface area contributed by atoms with Crippen LogP contribution >= 0.6 is 22.6 Å². The van der Waals surface area contributed by atoms with Crippen LogP contribution in [0.15, 0.2) is 0 Å². The molecule has 0 spiro atoms. The number of hydrogen-bond acceptors (Lipinski definition) is 2. The molecular formula is C11H18BIO2. The fourth-order valence-corrected chi connectivity index (χ4v) is 4.40. The molecule has 4 atom stereocenters. The summed E-state index contributed by atoms with van der Waals surface area (Å²) in [6, 6.07) is 0. The van der Waals surface area contributed by atoms with Gasteiger partial charge in [0.25, 0.3) is 0 Å². The molecule has 0 aromatic heterocycles. The lowest BCUT2D eigenvalue weighted by Crippen LogP contribution is -2.65. The molecule has 2 bridgehead atoms. The highest BCUT2D eigenvalue weighted by atomic mass is 127. The normalized spacial score (nSPS) is 51.2. The number of alkyl halides is 1. The third-order valence-corrected chi connectivity index (χ3v) is 5.85.